The van der Waals surface area contributed by atoms with Gasteiger partial charge < -0.3 is 9.88 Å². The highest BCUT2D eigenvalue weighted by Crippen LogP contribution is 2.29. The van der Waals surface area contributed by atoms with E-state index in [2.05, 4.69) is 15.5 Å². The molecule has 2 heterocycles. The Hall–Kier alpha value is -3.12. The van der Waals surface area contributed by atoms with Crippen molar-refractivity contribution >= 4 is 39.3 Å². The molecule has 27 heavy (non-hydrogen) atoms. The summed E-state index contributed by atoms with van der Waals surface area (Å²) in [5.74, 6) is -0.186. The highest BCUT2D eigenvalue weighted by molar-refractivity contribution is 6.30. The molecular formula is C20H17ClN4O2. The van der Waals surface area contributed by atoms with Gasteiger partial charge in [-0.1, -0.05) is 41.9 Å². The van der Waals surface area contributed by atoms with E-state index >= 15 is 0 Å². The second-order valence-electron chi connectivity index (χ2n) is 6.37. The molecule has 0 aliphatic rings. The number of aromatic amines is 1. The van der Waals surface area contributed by atoms with E-state index in [9.17, 15) is 9.59 Å². The molecular weight excluding hydrogens is 364 g/mol. The summed E-state index contributed by atoms with van der Waals surface area (Å²) in [5.41, 5.74) is 1.85. The molecule has 0 radical (unpaired) electrons. The number of H-pyrrole nitrogens is 1. The van der Waals surface area contributed by atoms with Crippen molar-refractivity contribution < 1.29 is 4.79 Å². The van der Waals surface area contributed by atoms with Crippen LogP contribution in [0.4, 0.5) is 0 Å². The number of aromatic nitrogens is 3. The fraction of sp³-hybridized carbons (Fsp3) is 0.150. The van der Waals surface area contributed by atoms with Gasteiger partial charge in [0.15, 0.2) is 0 Å². The van der Waals surface area contributed by atoms with Crippen molar-refractivity contribution in [2.75, 3.05) is 0 Å². The summed E-state index contributed by atoms with van der Waals surface area (Å²) in [7, 11) is 0. The zero-order valence-electron chi connectivity index (χ0n) is 14.6. The molecule has 2 aromatic carbocycles. The summed E-state index contributed by atoms with van der Waals surface area (Å²) < 4.78 is 1.76. The van der Waals surface area contributed by atoms with Gasteiger partial charge in [-0.25, -0.2) is 5.10 Å². The summed E-state index contributed by atoms with van der Waals surface area (Å²) in [5, 5.41) is 11.5. The summed E-state index contributed by atoms with van der Waals surface area (Å²) in [6.45, 7) is 2.14. The Morgan fingerprint density at radius 3 is 2.85 bits per heavy atom. The van der Waals surface area contributed by atoms with Gasteiger partial charge in [-0.05, 0) is 30.7 Å². The summed E-state index contributed by atoms with van der Waals surface area (Å²) in [6, 6.07) is 14.4. The summed E-state index contributed by atoms with van der Waals surface area (Å²) in [4.78, 5) is 25.2. The van der Waals surface area contributed by atoms with Crippen LogP contribution in [0.3, 0.4) is 0 Å². The van der Waals surface area contributed by atoms with Gasteiger partial charge in [-0.15, -0.1) is 0 Å². The molecule has 2 N–H and O–H groups in total. The third-order valence-corrected chi connectivity index (χ3v) is 4.88. The number of nitrogens with zero attached hydrogens (tertiary/aromatic N) is 2. The average molecular weight is 381 g/mol. The van der Waals surface area contributed by atoms with Crippen LogP contribution in [0.5, 0.6) is 0 Å². The topological polar surface area (TPSA) is 79.8 Å². The fourth-order valence-corrected chi connectivity index (χ4v) is 3.58. The molecule has 0 aliphatic heterocycles. The van der Waals surface area contributed by atoms with Gasteiger partial charge in [0.2, 0.25) is 5.91 Å². The first-order valence-corrected chi connectivity index (χ1v) is 8.92. The quantitative estimate of drug-likeness (QED) is 0.569. The molecule has 0 saturated carbocycles. The molecule has 0 fully saturated rings. The van der Waals surface area contributed by atoms with Gasteiger partial charge in [0.25, 0.3) is 5.56 Å². The number of halogens is 1. The summed E-state index contributed by atoms with van der Waals surface area (Å²) >= 11 is 5.99. The molecule has 1 unspecified atom stereocenters. The Morgan fingerprint density at radius 1 is 1.22 bits per heavy atom. The van der Waals surface area contributed by atoms with Crippen LogP contribution in [-0.4, -0.2) is 20.7 Å². The van der Waals surface area contributed by atoms with E-state index in [0.29, 0.717) is 17.1 Å². The molecule has 4 aromatic rings. The van der Waals surface area contributed by atoms with Gasteiger partial charge >= 0.3 is 0 Å². The molecule has 136 valence electrons. The average Bonchev–Trinajstić information content (AvgIpc) is 3.01. The predicted octanol–water partition coefficient (Wildman–Crippen LogP) is 3.41. The molecule has 1 atom stereocenters. The largest absolute Gasteiger partial charge is 0.350 e. The van der Waals surface area contributed by atoms with Crippen molar-refractivity contribution in [1.29, 1.82) is 0 Å². The van der Waals surface area contributed by atoms with E-state index in [-0.39, 0.29) is 11.5 Å². The van der Waals surface area contributed by atoms with Crippen LogP contribution in [0.2, 0.25) is 5.02 Å². The first-order valence-electron chi connectivity index (χ1n) is 8.54. The third-order valence-electron chi connectivity index (χ3n) is 4.65. The second-order valence-corrected chi connectivity index (χ2v) is 6.81. The number of para-hydroxylation sites is 1. The number of hydrogen-bond acceptors (Lipinski definition) is 3. The smallest absolute Gasteiger partial charge is 0.288 e. The van der Waals surface area contributed by atoms with Gasteiger partial charge in [-0.3, -0.25) is 9.59 Å². The van der Waals surface area contributed by atoms with Crippen LogP contribution in [0.1, 0.15) is 18.5 Å². The Morgan fingerprint density at radius 2 is 2.04 bits per heavy atom. The first-order chi connectivity index (χ1) is 13.1. The van der Waals surface area contributed by atoms with Gasteiger partial charge in [-0.2, -0.15) is 5.10 Å². The molecule has 0 aliphatic carbocycles. The molecule has 0 spiro atoms. The number of fused-ring (bicyclic) bond motifs is 3. The minimum Gasteiger partial charge on any atom is -0.350 e. The zero-order valence-corrected chi connectivity index (χ0v) is 15.3. The van der Waals surface area contributed by atoms with Crippen LogP contribution >= 0.6 is 11.6 Å². The maximum atomic E-state index is 12.8. The molecule has 4 rings (SSSR count). The number of rotatable bonds is 4. The Balaban J connectivity index is 1.72. The summed E-state index contributed by atoms with van der Waals surface area (Å²) in [6.07, 6.45) is 1.62. The lowest BCUT2D eigenvalue weighted by Gasteiger charge is -2.16. The molecule has 6 nitrogen and oxygen atoms in total. The van der Waals surface area contributed by atoms with Crippen molar-refractivity contribution in [3.8, 4) is 0 Å². The van der Waals surface area contributed by atoms with E-state index in [1.807, 2.05) is 42.5 Å². The number of benzene rings is 2. The van der Waals surface area contributed by atoms with Crippen molar-refractivity contribution in [2.45, 2.75) is 19.5 Å². The lowest BCUT2D eigenvalue weighted by molar-refractivity contribution is -0.123. The Labute approximate surface area is 159 Å². The first kappa shape index (κ1) is 17.3. The van der Waals surface area contributed by atoms with Crippen LogP contribution in [0.25, 0.3) is 21.8 Å². The number of hydrogen-bond donors (Lipinski definition) is 2. The minimum atomic E-state index is -0.574. The fourth-order valence-electron chi connectivity index (χ4n) is 3.36. The van der Waals surface area contributed by atoms with Crippen molar-refractivity contribution in [1.82, 2.24) is 20.1 Å². The van der Waals surface area contributed by atoms with Crippen LogP contribution in [-0.2, 0) is 11.3 Å². The molecule has 1 amide bonds. The van der Waals surface area contributed by atoms with E-state index in [1.165, 1.54) is 0 Å². The standard InChI is InChI=1S/C20H17ClN4O2/c1-12(19(26)22-10-13-5-4-6-14(21)9-13)25-17-8-3-2-7-15(17)16-11-23-24-20(27)18(16)25/h2-9,11-12H,10H2,1H3,(H,22,26)(H,24,27). The van der Waals surface area contributed by atoms with Crippen LogP contribution < -0.4 is 10.9 Å². The van der Waals surface area contributed by atoms with E-state index < -0.39 is 6.04 Å². The van der Waals surface area contributed by atoms with E-state index in [1.54, 1.807) is 23.8 Å². The normalized spacial score (nSPS) is 12.4. The highest BCUT2D eigenvalue weighted by atomic mass is 35.5. The SMILES string of the molecule is CC(C(=O)NCc1cccc(Cl)c1)n1c2ccccc2c2cn[nH]c(=O)c21. The van der Waals surface area contributed by atoms with Crippen molar-refractivity contribution in [2.24, 2.45) is 0 Å². The predicted molar refractivity (Wildman–Crippen MR) is 106 cm³/mol. The van der Waals surface area contributed by atoms with Crippen molar-refractivity contribution in [3.05, 3.63) is 75.7 Å². The third kappa shape index (κ3) is 3.08. The molecule has 2 aromatic heterocycles. The second kappa shape index (κ2) is 6.89. The van der Waals surface area contributed by atoms with Crippen molar-refractivity contribution in [3.63, 3.8) is 0 Å². The number of carbonyl (C=O) groups is 1. The number of carbonyl (C=O) groups excluding carboxylic acids is 1. The van der Waals surface area contributed by atoms with Gasteiger partial charge in [0.05, 0.1) is 11.7 Å². The van der Waals surface area contributed by atoms with Crippen LogP contribution in [0.15, 0.2) is 59.5 Å². The van der Waals surface area contributed by atoms with E-state index in [4.69, 9.17) is 11.6 Å². The maximum absolute atomic E-state index is 12.8. The molecule has 0 bridgehead atoms. The monoisotopic (exact) mass is 380 g/mol. The van der Waals surface area contributed by atoms with Gasteiger partial charge in [0.1, 0.15) is 11.6 Å². The van der Waals surface area contributed by atoms with Crippen LogP contribution in [0, 0.1) is 0 Å². The van der Waals surface area contributed by atoms with Gasteiger partial charge in [0, 0.05) is 22.3 Å². The number of nitrogens with one attached hydrogen (secondary N) is 2. The molecule has 0 saturated heterocycles. The zero-order chi connectivity index (χ0) is 19.0. The Bertz CT molecular complexity index is 1210. The maximum Gasteiger partial charge on any atom is 0.288 e. The minimum absolute atomic E-state index is 0.186. The highest BCUT2D eigenvalue weighted by Gasteiger charge is 2.22. The van der Waals surface area contributed by atoms with E-state index in [0.717, 1.165) is 21.9 Å². The Kier molecular flexibility index (Phi) is 4.41. The lowest BCUT2D eigenvalue weighted by Crippen LogP contribution is -2.31. The molecule has 7 heteroatoms. The number of amides is 1. The lowest BCUT2D eigenvalue weighted by atomic mass is 10.2.